The SMILES string of the molecule is Cc1ccc(C)c(S(=O)(=O)NCCCn2nc(C)c(Cl)c2C)c1. The molecule has 2 aromatic rings. The van der Waals surface area contributed by atoms with Crippen LogP contribution in [0.4, 0.5) is 0 Å². The van der Waals surface area contributed by atoms with E-state index in [2.05, 4.69) is 9.82 Å². The Morgan fingerprint density at radius 3 is 2.52 bits per heavy atom. The van der Waals surface area contributed by atoms with Crippen LogP contribution in [-0.4, -0.2) is 24.7 Å². The largest absolute Gasteiger partial charge is 0.268 e. The van der Waals surface area contributed by atoms with Crippen molar-refractivity contribution in [1.29, 1.82) is 0 Å². The van der Waals surface area contributed by atoms with E-state index in [9.17, 15) is 8.42 Å². The Morgan fingerprint density at radius 2 is 1.91 bits per heavy atom. The Bertz CT molecular complexity index is 813. The number of nitrogens with one attached hydrogen (secondary N) is 1. The van der Waals surface area contributed by atoms with Crippen molar-refractivity contribution in [2.24, 2.45) is 0 Å². The summed E-state index contributed by atoms with van der Waals surface area (Å²) in [5.41, 5.74) is 3.36. The highest BCUT2D eigenvalue weighted by Crippen LogP contribution is 2.19. The summed E-state index contributed by atoms with van der Waals surface area (Å²) in [6.45, 7) is 8.41. The van der Waals surface area contributed by atoms with E-state index in [-0.39, 0.29) is 0 Å². The quantitative estimate of drug-likeness (QED) is 0.809. The highest BCUT2D eigenvalue weighted by atomic mass is 35.5. The molecule has 2 rings (SSSR count). The molecule has 1 aromatic carbocycles. The van der Waals surface area contributed by atoms with Crippen molar-refractivity contribution in [2.45, 2.75) is 45.6 Å². The highest BCUT2D eigenvalue weighted by molar-refractivity contribution is 7.89. The molecule has 0 fully saturated rings. The Labute approximate surface area is 142 Å². The number of aryl methyl sites for hydroxylation is 4. The Balaban J connectivity index is 1.97. The minimum absolute atomic E-state index is 0.339. The maximum atomic E-state index is 12.4. The second-order valence-electron chi connectivity index (χ2n) is 5.73. The zero-order chi connectivity index (χ0) is 17.2. The number of rotatable bonds is 6. The standard InChI is InChI=1S/C16H22ClN3O2S/c1-11-6-7-12(2)15(10-11)23(21,22)18-8-5-9-20-14(4)16(17)13(3)19-20/h6-7,10,18H,5,8-9H2,1-4H3. The van der Waals surface area contributed by atoms with Crippen molar-refractivity contribution >= 4 is 21.6 Å². The molecule has 0 aliphatic rings. The zero-order valence-electron chi connectivity index (χ0n) is 13.9. The minimum Gasteiger partial charge on any atom is -0.268 e. The summed E-state index contributed by atoms with van der Waals surface area (Å²) in [5.74, 6) is 0. The van der Waals surface area contributed by atoms with Crippen LogP contribution in [0, 0.1) is 27.7 Å². The van der Waals surface area contributed by atoms with Crippen LogP contribution < -0.4 is 4.72 Å². The lowest BCUT2D eigenvalue weighted by atomic mass is 10.2. The molecule has 0 unspecified atom stereocenters. The van der Waals surface area contributed by atoms with E-state index >= 15 is 0 Å². The van der Waals surface area contributed by atoms with Crippen LogP contribution in [0.25, 0.3) is 0 Å². The second kappa shape index (κ2) is 7.03. The molecule has 0 spiro atoms. The molecular weight excluding hydrogens is 334 g/mol. The van der Waals surface area contributed by atoms with Crippen molar-refractivity contribution in [3.63, 3.8) is 0 Å². The maximum absolute atomic E-state index is 12.4. The third-order valence-corrected chi connectivity index (χ3v) is 5.92. The molecular formula is C16H22ClN3O2S. The molecule has 0 aliphatic heterocycles. The van der Waals surface area contributed by atoms with Crippen molar-refractivity contribution < 1.29 is 8.42 Å². The van der Waals surface area contributed by atoms with E-state index in [1.54, 1.807) is 13.0 Å². The lowest BCUT2D eigenvalue weighted by molar-refractivity contribution is 0.544. The van der Waals surface area contributed by atoms with Crippen LogP contribution in [0.5, 0.6) is 0 Å². The second-order valence-corrected chi connectivity index (χ2v) is 7.84. The van der Waals surface area contributed by atoms with E-state index in [0.717, 1.165) is 22.5 Å². The van der Waals surface area contributed by atoms with Gasteiger partial charge in [0, 0.05) is 13.1 Å². The van der Waals surface area contributed by atoms with E-state index in [1.807, 2.05) is 37.6 Å². The van der Waals surface area contributed by atoms with E-state index < -0.39 is 10.0 Å². The number of nitrogens with zero attached hydrogens (tertiary/aromatic N) is 2. The molecule has 0 saturated heterocycles. The van der Waals surface area contributed by atoms with Gasteiger partial charge in [0.05, 0.1) is 21.3 Å². The average Bonchev–Trinajstić information content (AvgIpc) is 2.73. The van der Waals surface area contributed by atoms with Crippen LogP contribution in [0.2, 0.25) is 5.02 Å². The summed E-state index contributed by atoms with van der Waals surface area (Å²) in [5, 5.41) is 5.00. The number of halogens is 1. The predicted molar refractivity (Wildman–Crippen MR) is 92.4 cm³/mol. The first-order valence-corrected chi connectivity index (χ1v) is 9.35. The van der Waals surface area contributed by atoms with Gasteiger partial charge in [-0.3, -0.25) is 4.68 Å². The zero-order valence-corrected chi connectivity index (χ0v) is 15.4. The minimum atomic E-state index is -3.49. The van der Waals surface area contributed by atoms with Gasteiger partial charge in [-0.15, -0.1) is 0 Å². The summed E-state index contributed by atoms with van der Waals surface area (Å²) in [7, 11) is -3.49. The van der Waals surface area contributed by atoms with Gasteiger partial charge in [0.15, 0.2) is 0 Å². The number of sulfonamides is 1. The monoisotopic (exact) mass is 355 g/mol. The molecule has 7 heteroatoms. The number of hydrogen-bond donors (Lipinski definition) is 1. The number of aromatic nitrogens is 2. The third kappa shape index (κ3) is 4.13. The summed E-state index contributed by atoms with van der Waals surface area (Å²) in [6, 6.07) is 5.42. The lowest BCUT2D eigenvalue weighted by Gasteiger charge is -2.10. The molecule has 0 bridgehead atoms. The third-order valence-electron chi connectivity index (χ3n) is 3.77. The Kier molecular flexibility index (Phi) is 5.49. The molecule has 23 heavy (non-hydrogen) atoms. The van der Waals surface area contributed by atoms with Gasteiger partial charge in [0.25, 0.3) is 0 Å². The highest BCUT2D eigenvalue weighted by Gasteiger charge is 2.16. The van der Waals surface area contributed by atoms with Crippen molar-refractivity contribution in [2.75, 3.05) is 6.54 Å². The normalized spacial score (nSPS) is 11.9. The molecule has 0 aliphatic carbocycles. The van der Waals surface area contributed by atoms with E-state index in [4.69, 9.17) is 11.6 Å². The first kappa shape index (κ1) is 18.0. The number of hydrogen-bond acceptors (Lipinski definition) is 3. The molecule has 5 nitrogen and oxygen atoms in total. The summed E-state index contributed by atoms with van der Waals surface area (Å²) in [4.78, 5) is 0.339. The fourth-order valence-electron chi connectivity index (χ4n) is 2.40. The van der Waals surface area contributed by atoms with Gasteiger partial charge < -0.3 is 0 Å². The first-order valence-electron chi connectivity index (χ1n) is 7.49. The molecule has 0 saturated carbocycles. The van der Waals surface area contributed by atoms with Gasteiger partial charge in [-0.25, -0.2) is 13.1 Å². The molecule has 126 valence electrons. The van der Waals surface area contributed by atoms with E-state index in [0.29, 0.717) is 29.4 Å². The number of benzene rings is 1. The van der Waals surface area contributed by atoms with Gasteiger partial charge >= 0.3 is 0 Å². The van der Waals surface area contributed by atoms with Gasteiger partial charge in [0.1, 0.15) is 0 Å². The Hall–Kier alpha value is -1.37. The van der Waals surface area contributed by atoms with Crippen LogP contribution in [0.1, 0.15) is 28.9 Å². The summed E-state index contributed by atoms with van der Waals surface area (Å²) >= 11 is 6.10. The lowest BCUT2D eigenvalue weighted by Crippen LogP contribution is -2.26. The van der Waals surface area contributed by atoms with Gasteiger partial charge in [-0.1, -0.05) is 23.7 Å². The fourth-order valence-corrected chi connectivity index (χ4v) is 3.94. The smallest absolute Gasteiger partial charge is 0.240 e. The molecule has 0 radical (unpaired) electrons. The summed E-state index contributed by atoms with van der Waals surface area (Å²) < 4.78 is 29.2. The molecule has 0 amide bonds. The average molecular weight is 356 g/mol. The maximum Gasteiger partial charge on any atom is 0.240 e. The topological polar surface area (TPSA) is 64.0 Å². The predicted octanol–water partition coefficient (Wildman–Crippen LogP) is 3.14. The van der Waals surface area contributed by atoms with Gasteiger partial charge in [0.2, 0.25) is 10.0 Å². The Morgan fingerprint density at radius 1 is 1.22 bits per heavy atom. The molecule has 1 aromatic heterocycles. The van der Waals surface area contributed by atoms with E-state index in [1.165, 1.54) is 0 Å². The van der Waals surface area contributed by atoms with Crippen molar-refractivity contribution in [3.8, 4) is 0 Å². The first-order chi connectivity index (χ1) is 10.7. The molecule has 0 atom stereocenters. The van der Waals surface area contributed by atoms with Crippen LogP contribution in [0.15, 0.2) is 23.1 Å². The van der Waals surface area contributed by atoms with Gasteiger partial charge in [-0.2, -0.15) is 5.10 Å². The molecule has 1 heterocycles. The van der Waals surface area contributed by atoms with Gasteiger partial charge in [-0.05, 0) is 51.3 Å². The van der Waals surface area contributed by atoms with Crippen LogP contribution in [0.3, 0.4) is 0 Å². The van der Waals surface area contributed by atoms with Crippen LogP contribution >= 0.6 is 11.6 Å². The fraction of sp³-hybridized carbons (Fsp3) is 0.438. The molecule has 1 N–H and O–H groups in total. The van der Waals surface area contributed by atoms with Crippen molar-refractivity contribution in [3.05, 3.63) is 45.7 Å². The van der Waals surface area contributed by atoms with Crippen molar-refractivity contribution in [1.82, 2.24) is 14.5 Å². The van der Waals surface area contributed by atoms with Crippen LogP contribution in [-0.2, 0) is 16.6 Å². The summed E-state index contributed by atoms with van der Waals surface area (Å²) in [6.07, 6.45) is 0.641.